The van der Waals surface area contributed by atoms with Crippen LogP contribution in [0.4, 0.5) is 34.1 Å². The molecule has 19 rings (SSSR count). The summed E-state index contributed by atoms with van der Waals surface area (Å²) < 4.78 is 12.2. The van der Waals surface area contributed by atoms with Gasteiger partial charge in [-0.05, 0) is 99.3 Å². The molecular formula is C78H47BN4O. The molecule has 6 heterocycles. The van der Waals surface area contributed by atoms with Crippen LogP contribution in [0.15, 0.2) is 290 Å². The number of aromatic nitrogens is 2. The fraction of sp³-hybridized carbons (Fsp3) is 0. The second-order valence-electron chi connectivity index (χ2n) is 22.7. The maximum Gasteiger partial charge on any atom is 0.252 e. The van der Waals surface area contributed by atoms with Crippen LogP contribution in [-0.4, -0.2) is 15.7 Å². The maximum atomic E-state index is 7.16. The van der Waals surface area contributed by atoms with E-state index in [0.29, 0.717) is 0 Å². The molecule has 84 heavy (non-hydrogen) atoms. The first-order valence-corrected chi connectivity index (χ1v) is 29.0. The van der Waals surface area contributed by atoms with E-state index < -0.39 is 0 Å². The first-order chi connectivity index (χ1) is 41.7. The molecule has 2 aliphatic heterocycles. The number of hydrogen-bond donors (Lipinski definition) is 0. The molecule has 0 radical (unpaired) electrons. The molecular weight excluding hydrogens is 1020 g/mol. The van der Waals surface area contributed by atoms with Gasteiger partial charge in [0.1, 0.15) is 5.58 Å². The lowest BCUT2D eigenvalue weighted by Gasteiger charge is -2.45. The molecule has 0 N–H and O–H groups in total. The Labute approximate surface area is 483 Å². The average molecular weight is 1070 g/mol. The maximum absolute atomic E-state index is 7.16. The van der Waals surface area contributed by atoms with E-state index in [1.165, 1.54) is 70.8 Å². The van der Waals surface area contributed by atoms with Gasteiger partial charge < -0.3 is 23.2 Å². The number of benzene rings is 13. The van der Waals surface area contributed by atoms with Crippen LogP contribution in [-0.2, 0) is 0 Å². The van der Waals surface area contributed by atoms with Crippen molar-refractivity contribution in [3.8, 4) is 39.1 Å². The summed E-state index contributed by atoms with van der Waals surface area (Å²) in [7, 11) is 0. The van der Waals surface area contributed by atoms with Crippen molar-refractivity contribution in [2.45, 2.75) is 0 Å². The fourth-order valence-electron chi connectivity index (χ4n) is 14.9. The van der Waals surface area contributed by atoms with Gasteiger partial charge in [-0.15, -0.1) is 0 Å². The largest absolute Gasteiger partial charge is 0.454 e. The molecule has 388 valence electrons. The number of nitrogens with zero attached hydrogens (tertiary/aromatic N) is 4. The molecule has 0 fully saturated rings. The van der Waals surface area contributed by atoms with Gasteiger partial charge in [-0.3, -0.25) is 0 Å². The third-order valence-corrected chi connectivity index (χ3v) is 18.4. The number of anilines is 6. The molecule has 0 saturated carbocycles. The molecule has 0 atom stereocenters. The average Bonchev–Trinajstić information content (AvgIpc) is 1.23. The Balaban J connectivity index is 1.03. The second-order valence-corrected chi connectivity index (χ2v) is 22.7. The van der Waals surface area contributed by atoms with Gasteiger partial charge in [-0.2, -0.15) is 0 Å². The van der Waals surface area contributed by atoms with Crippen LogP contribution in [0.2, 0.25) is 0 Å². The molecule has 6 heteroatoms. The Morgan fingerprint density at radius 1 is 0.298 bits per heavy atom. The predicted molar refractivity (Wildman–Crippen MR) is 353 cm³/mol. The highest BCUT2D eigenvalue weighted by atomic mass is 16.3. The first-order valence-electron chi connectivity index (χ1n) is 29.0. The highest BCUT2D eigenvalue weighted by molar-refractivity contribution is 7.00. The van der Waals surface area contributed by atoms with Gasteiger partial charge in [-0.25, -0.2) is 0 Å². The van der Waals surface area contributed by atoms with Crippen LogP contribution in [0.25, 0.3) is 121 Å². The molecule has 0 spiro atoms. The van der Waals surface area contributed by atoms with Crippen molar-refractivity contribution in [1.29, 1.82) is 0 Å². The fourth-order valence-corrected chi connectivity index (χ4v) is 14.9. The number of para-hydroxylation sites is 7. The van der Waals surface area contributed by atoms with Crippen molar-refractivity contribution < 1.29 is 4.42 Å². The van der Waals surface area contributed by atoms with Gasteiger partial charge in [0.2, 0.25) is 0 Å². The molecule has 0 aliphatic carbocycles. The van der Waals surface area contributed by atoms with E-state index in [1.807, 2.05) is 0 Å². The van der Waals surface area contributed by atoms with Crippen molar-refractivity contribution in [3.63, 3.8) is 0 Å². The van der Waals surface area contributed by atoms with Crippen LogP contribution >= 0.6 is 0 Å². The number of hydrogen-bond acceptors (Lipinski definition) is 3. The Bertz CT molecular complexity index is 5510. The summed E-state index contributed by atoms with van der Waals surface area (Å²) in [6, 6.07) is 106. The van der Waals surface area contributed by atoms with E-state index in [2.05, 4.69) is 304 Å². The Kier molecular flexibility index (Phi) is 9.36. The minimum absolute atomic E-state index is 0.222. The van der Waals surface area contributed by atoms with Crippen molar-refractivity contribution in [2.24, 2.45) is 0 Å². The van der Waals surface area contributed by atoms with E-state index in [1.54, 1.807) is 0 Å². The zero-order chi connectivity index (χ0) is 54.7. The summed E-state index contributed by atoms with van der Waals surface area (Å²) in [4.78, 5) is 5.23. The van der Waals surface area contributed by atoms with Crippen molar-refractivity contribution in [3.05, 3.63) is 285 Å². The first kappa shape index (κ1) is 45.6. The number of furan rings is 1. The van der Waals surface area contributed by atoms with E-state index in [4.69, 9.17) is 4.42 Å². The lowest BCUT2D eigenvalue weighted by Crippen LogP contribution is -2.61. The molecule has 5 nitrogen and oxygen atoms in total. The second kappa shape index (κ2) is 17.2. The summed E-state index contributed by atoms with van der Waals surface area (Å²) in [5.74, 6) is 0. The molecule has 0 amide bonds. The van der Waals surface area contributed by atoms with Crippen LogP contribution in [0.1, 0.15) is 0 Å². The molecule has 4 aromatic heterocycles. The van der Waals surface area contributed by atoms with Gasteiger partial charge in [0.15, 0.2) is 5.58 Å². The Hall–Kier alpha value is -11.1. The molecule has 13 aromatic carbocycles. The number of rotatable bonds is 6. The topological polar surface area (TPSA) is 29.0 Å². The van der Waals surface area contributed by atoms with Crippen molar-refractivity contribution in [2.75, 3.05) is 9.80 Å². The quantitative estimate of drug-likeness (QED) is 0.155. The Morgan fingerprint density at radius 2 is 0.798 bits per heavy atom. The van der Waals surface area contributed by atoms with E-state index >= 15 is 0 Å². The lowest BCUT2D eigenvalue weighted by molar-refractivity contribution is 0.669. The van der Waals surface area contributed by atoms with Crippen molar-refractivity contribution >= 4 is 139 Å². The standard InChI is InChI=1S/C78H47BN4O/c1-5-22-48(23-6-1)51-42-72-75-73(43-51)83(76-53(49-24-7-2-8-25-49)33-19-34-54(76)50-26-9-3-10-27-50)71-46-68-61(56-31-14-16-38-65(56)80(68)52-28-11-4-12-29-52)44-64(71)79(75)63-45-62-59-36-20-35-58-55-30-13-17-39-66(55)82(77(58)59)69(62)47-70(63)81(72)67-40-21-37-60-57-32-15-18-41-74(57)84-78(60)67/h1-47H. The van der Waals surface area contributed by atoms with Crippen LogP contribution in [0.3, 0.4) is 0 Å². The summed E-state index contributed by atoms with van der Waals surface area (Å²) in [5.41, 5.74) is 25.9. The van der Waals surface area contributed by atoms with Crippen LogP contribution in [0, 0.1) is 0 Å². The van der Waals surface area contributed by atoms with Gasteiger partial charge in [0.25, 0.3) is 6.71 Å². The smallest absolute Gasteiger partial charge is 0.252 e. The normalized spacial score (nSPS) is 12.9. The summed E-state index contributed by atoms with van der Waals surface area (Å²) in [6.07, 6.45) is 0. The lowest BCUT2D eigenvalue weighted by atomic mass is 9.33. The van der Waals surface area contributed by atoms with Crippen LogP contribution in [0.5, 0.6) is 0 Å². The van der Waals surface area contributed by atoms with E-state index in [0.717, 1.165) is 101 Å². The van der Waals surface area contributed by atoms with Gasteiger partial charge in [0, 0.05) is 82.7 Å². The van der Waals surface area contributed by atoms with Crippen LogP contribution < -0.4 is 26.2 Å². The zero-order valence-electron chi connectivity index (χ0n) is 45.4. The Morgan fingerprint density at radius 3 is 1.50 bits per heavy atom. The monoisotopic (exact) mass is 1070 g/mol. The minimum Gasteiger partial charge on any atom is -0.454 e. The zero-order valence-corrected chi connectivity index (χ0v) is 45.4. The number of fused-ring (bicyclic) bond motifs is 16. The highest BCUT2D eigenvalue weighted by Gasteiger charge is 2.46. The van der Waals surface area contributed by atoms with E-state index in [9.17, 15) is 0 Å². The summed E-state index contributed by atoms with van der Waals surface area (Å²) in [5, 5.41) is 9.62. The van der Waals surface area contributed by atoms with Crippen molar-refractivity contribution in [1.82, 2.24) is 8.97 Å². The van der Waals surface area contributed by atoms with Gasteiger partial charge >= 0.3 is 0 Å². The highest BCUT2D eigenvalue weighted by Crippen LogP contribution is 2.54. The molecule has 2 aliphatic rings. The third kappa shape index (κ3) is 6.23. The SMILES string of the molecule is c1ccc(-c2cc3c4c(c2)N(c2cccc5c2oc2ccccc25)c2cc5c(cc2B4c2cc4c6ccccc6n(-c6ccccc6)c4cc2N3c2c(-c3ccccc3)cccc2-c2ccccc2)c2cccc3c4ccccc4n5c32)cc1. The molecule has 17 aromatic rings. The summed E-state index contributed by atoms with van der Waals surface area (Å²) >= 11 is 0. The minimum atomic E-state index is -0.222. The molecule has 0 saturated heterocycles. The van der Waals surface area contributed by atoms with Gasteiger partial charge in [0.05, 0.1) is 39.0 Å². The molecule has 0 unspecified atom stereocenters. The van der Waals surface area contributed by atoms with E-state index in [-0.39, 0.29) is 6.71 Å². The summed E-state index contributed by atoms with van der Waals surface area (Å²) in [6.45, 7) is -0.222. The predicted octanol–water partition coefficient (Wildman–Crippen LogP) is 18.9. The third-order valence-electron chi connectivity index (χ3n) is 18.4. The van der Waals surface area contributed by atoms with Gasteiger partial charge in [-0.1, -0.05) is 224 Å². The molecule has 0 bridgehead atoms.